The van der Waals surface area contributed by atoms with Gasteiger partial charge in [-0.15, -0.1) is 11.8 Å². The molecule has 0 spiro atoms. The summed E-state index contributed by atoms with van der Waals surface area (Å²) in [4.78, 5) is 26.2. The predicted octanol–water partition coefficient (Wildman–Crippen LogP) is 4.63. The summed E-state index contributed by atoms with van der Waals surface area (Å²) in [6, 6.07) is 24.5. The molecule has 3 aromatic carbocycles. The van der Waals surface area contributed by atoms with Crippen LogP contribution in [0.3, 0.4) is 0 Å². The summed E-state index contributed by atoms with van der Waals surface area (Å²) in [7, 11) is 0. The maximum atomic E-state index is 12.7. The minimum absolute atomic E-state index is 0.204. The summed E-state index contributed by atoms with van der Waals surface area (Å²) in [6.45, 7) is 0.528. The van der Waals surface area contributed by atoms with Crippen LogP contribution in [-0.2, 0) is 6.42 Å². The first-order chi connectivity index (χ1) is 13.7. The van der Waals surface area contributed by atoms with Gasteiger partial charge in [0.15, 0.2) is 0 Å². The number of amides is 2. The molecule has 0 atom stereocenters. The van der Waals surface area contributed by atoms with Gasteiger partial charge >= 0.3 is 0 Å². The molecule has 28 heavy (non-hydrogen) atoms. The average Bonchev–Trinajstić information content (AvgIpc) is 2.74. The number of thioether (sulfide) groups is 1. The van der Waals surface area contributed by atoms with Crippen LogP contribution in [0.2, 0.25) is 0 Å². The highest BCUT2D eigenvalue weighted by Crippen LogP contribution is 2.22. The van der Waals surface area contributed by atoms with Crippen LogP contribution in [0.1, 0.15) is 26.3 Å². The molecule has 0 bridgehead atoms. The van der Waals surface area contributed by atoms with Crippen molar-refractivity contribution in [1.82, 2.24) is 5.32 Å². The molecule has 0 aliphatic carbocycles. The maximum Gasteiger partial charge on any atom is 0.256 e. The highest BCUT2D eigenvalue weighted by atomic mass is 32.2. The van der Waals surface area contributed by atoms with E-state index in [9.17, 15) is 9.59 Å². The predicted molar refractivity (Wildman–Crippen MR) is 115 cm³/mol. The van der Waals surface area contributed by atoms with Gasteiger partial charge in [-0.1, -0.05) is 54.6 Å². The van der Waals surface area contributed by atoms with Gasteiger partial charge in [0.1, 0.15) is 0 Å². The SMILES string of the molecule is CSc1ccccc1C(=O)Nc1ccccc1C(=O)NCCc1ccccc1. The van der Waals surface area contributed by atoms with Crippen LogP contribution in [0.5, 0.6) is 0 Å². The lowest BCUT2D eigenvalue weighted by Crippen LogP contribution is -2.27. The van der Waals surface area contributed by atoms with Crippen LogP contribution < -0.4 is 10.6 Å². The molecule has 0 aliphatic heterocycles. The van der Waals surface area contributed by atoms with E-state index in [1.807, 2.05) is 54.8 Å². The molecule has 2 N–H and O–H groups in total. The fraction of sp³-hybridized carbons (Fsp3) is 0.130. The summed E-state index contributed by atoms with van der Waals surface area (Å²) in [5.74, 6) is -0.431. The van der Waals surface area contributed by atoms with Crippen molar-refractivity contribution in [1.29, 1.82) is 0 Å². The van der Waals surface area contributed by atoms with E-state index < -0.39 is 0 Å². The molecule has 0 heterocycles. The Morgan fingerprint density at radius 2 is 1.43 bits per heavy atom. The van der Waals surface area contributed by atoms with E-state index in [2.05, 4.69) is 10.6 Å². The molecule has 0 aliphatic rings. The Kier molecular flexibility index (Phi) is 6.87. The Bertz CT molecular complexity index is 958. The van der Waals surface area contributed by atoms with Crippen LogP contribution in [0.25, 0.3) is 0 Å². The number of anilines is 1. The Balaban J connectivity index is 1.68. The fourth-order valence-corrected chi connectivity index (χ4v) is 3.47. The van der Waals surface area contributed by atoms with Gasteiger partial charge in [0.2, 0.25) is 0 Å². The van der Waals surface area contributed by atoms with Gasteiger partial charge < -0.3 is 10.6 Å². The second kappa shape index (κ2) is 9.76. The molecular formula is C23H22N2O2S. The number of carbonyl (C=O) groups is 2. The van der Waals surface area contributed by atoms with Gasteiger partial charge in [-0.3, -0.25) is 9.59 Å². The smallest absolute Gasteiger partial charge is 0.256 e. The Hall–Kier alpha value is -3.05. The van der Waals surface area contributed by atoms with Gasteiger partial charge in [0.05, 0.1) is 16.8 Å². The number of carbonyl (C=O) groups excluding carboxylic acids is 2. The molecular weight excluding hydrogens is 368 g/mol. The van der Waals surface area contributed by atoms with Crippen LogP contribution in [0, 0.1) is 0 Å². The van der Waals surface area contributed by atoms with Crippen molar-refractivity contribution in [2.45, 2.75) is 11.3 Å². The quantitative estimate of drug-likeness (QED) is 0.578. The van der Waals surface area contributed by atoms with E-state index in [-0.39, 0.29) is 11.8 Å². The zero-order chi connectivity index (χ0) is 19.8. The number of hydrogen-bond acceptors (Lipinski definition) is 3. The minimum Gasteiger partial charge on any atom is -0.352 e. The normalized spacial score (nSPS) is 10.3. The molecule has 3 rings (SSSR count). The molecule has 2 amide bonds. The maximum absolute atomic E-state index is 12.7. The van der Waals surface area contributed by atoms with Crippen molar-refractivity contribution in [3.8, 4) is 0 Å². The third-order valence-electron chi connectivity index (χ3n) is 4.31. The third kappa shape index (κ3) is 5.02. The molecule has 5 heteroatoms. The number of hydrogen-bond donors (Lipinski definition) is 2. The molecule has 3 aromatic rings. The Morgan fingerprint density at radius 3 is 2.18 bits per heavy atom. The van der Waals surface area contributed by atoms with Crippen molar-refractivity contribution in [2.24, 2.45) is 0 Å². The molecule has 0 aromatic heterocycles. The molecule has 0 radical (unpaired) electrons. The van der Waals surface area contributed by atoms with Gasteiger partial charge in [-0.25, -0.2) is 0 Å². The lowest BCUT2D eigenvalue weighted by molar-refractivity contribution is 0.0955. The van der Waals surface area contributed by atoms with Crippen molar-refractivity contribution in [3.05, 3.63) is 95.6 Å². The van der Waals surface area contributed by atoms with Crippen molar-refractivity contribution in [2.75, 3.05) is 18.1 Å². The molecule has 0 saturated heterocycles. The fourth-order valence-electron chi connectivity index (χ4n) is 2.87. The first-order valence-electron chi connectivity index (χ1n) is 9.04. The van der Waals surface area contributed by atoms with Crippen LogP contribution in [-0.4, -0.2) is 24.6 Å². The van der Waals surface area contributed by atoms with E-state index in [0.717, 1.165) is 16.9 Å². The monoisotopic (exact) mass is 390 g/mol. The first-order valence-corrected chi connectivity index (χ1v) is 10.3. The summed E-state index contributed by atoms with van der Waals surface area (Å²) < 4.78 is 0. The van der Waals surface area contributed by atoms with Crippen molar-refractivity contribution >= 4 is 29.3 Å². The number of rotatable bonds is 7. The zero-order valence-electron chi connectivity index (χ0n) is 15.6. The van der Waals surface area contributed by atoms with E-state index in [1.54, 1.807) is 30.3 Å². The lowest BCUT2D eigenvalue weighted by atomic mass is 10.1. The second-order valence-corrected chi connectivity index (χ2v) is 7.04. The summed E-state index contributed by atoms with van der Waals surface area (Å²) in [5.41, 5.74) is 2.71. The second-order valence-electron chi connectivity index (χ2n) is 6.19. The number of para-hydroxylation sites is 1. The topological polar surface area (TPSA) is 58.2 Å². The van der Waals surface area contributed by atoms with Crippen LogP contribution in [0.4, 0.5) is 5.69 Å². The molecule has 0 unspecified atom stereocenters. The van der Waals surface area contributed by atoms with E-state index in [4.69, 9.17) is 0 Å². The van der Waals surface area contributed by atoms with Crippen molar-refractivity contribution in [3.63, 3.8) is 0 Å². The standard InChI is InChI=1S/C23H22N2O2S/c1-28-21-14-8-6-12-19(21)23(27)25-20-13-7-5-11-18(20)22(26)24-16-15-17-9-3-2-4-10-17/h2-14H,15-16H2,1H3,(H,24,26)(H,25,27). The molecule has 4 nitrogen and oxygen atoms in total. The first kappa shape index (κ1) is 19.7. The van der Waals surface area contributed by atoms with Crippen LogP contribution in [0.15, 0.2) is 83.8 Å². The third-order valence-corrected chi connectivity index (χ3v) is 5.11. The zero-order valence-corrected chi connectivity index (χ0v) is 16.5. The number of benzene rings is 3. The highest BCUT2D eigenvalue weighted by molar-refractivity contribution is 7.98. The molecule has 0 fully saturated rings. The summed E-state index contributed by atoms with van der Waals surface area (Å²) in [6.07, 6.45) is 2.68. The minimum atomic E-state index is -0.227. The Morgan fingerprint density at radius 1 is 0.786 bits per heavy atom. The highest BCUT2D eigenvalue weighted by Gasteiger charge is 2.15. The van der Waals surface area contributed by atoms with E-state index in [1.165, 1.54) is 11.8 Å². The average molecular weight is 391 g/mol. The molecule has 0 saturated carbocycles. The van der Waals surface area contributed by atoms with Crippen molar-refractivity contribution < 1.29 is 9.59 Å². The van der Waals surface area contributed by atoms with Gasteiger partial charge in [0, 0.05) is 11.4 Å². The van der Waals surface area contributed by atoms with Gasteiger partial charge in [0.25, 0.3) is 11.8 Å². The van der Waals surface area contributed by atoms with Gasteiger partial charge in [-0.2, -0.15) is 0 Å². The largest absolute Gasteiger partial charge is 0.352 e. The van der Waals surface area contributed by atoms with Crippen LogP contribution >= 0.6 is 11.8 Å². The lowest BCUT2D eigenvalue weighted by Gasteiger charge is -2.13. The number of nitrogens with one attached hydrogen (secondary N) is 2. The van der Waals surface area contributed by atoms with Gasteiger partial charge in [-0.05, 0) is 42.5 Å². The van der Waals surface area contributed by atoms with E-state index >= 15 is 0 Å². The summed E-state index contributed by atoms with van der Waals surface area (Å²) in [5, 5.41) is 5.81. The summed E-state index contributed by atoms with van der Waals surface area (Å²) >= 11 is 1.51. The molecule has 142 valence electrons. The van der Waals surface area contributed by atoms with E-state index in [0.29, 0.717) is 23.4 Å². The Labute approximate surface area is 169 Å².